The van der Waals surface area contributed by atoms with Crippen molar-refractivity contribution in [2.45, 2.75) is 32.2 Å². The SMILES string of the molecule is CC(=O)c1cccc(NC(=O)CN2CCc3sccc3[C@H]2C2CC2)c1. The smallest absolute Gasteiger partial charge is 0.238 e. The van der Waals surface area contributed by atoms with Crippen molar-refractivity contribution in [3.8, 4) is 0 Å². The van der Waals surface area contributed by atoms with E-state index < -0.39 is 0 Å². The van der Waals surface area contributed by atoms with Crippen molar-refractivity contribution in [1.29, 1.82) is 0 Å². The van der Waals surface area contributed by atoms with E-state index in [1.807, 2.05) is 17.4 Å². The van der Waals surface area contributed by atoms with Gasteiger partial charge in [-0.1, -0.05) is 12.1 Å². The Labute approximate surface area is 151 Å². The Balaban J connectivity index is 1.45. The lowest BCUT2D eigenvalue weighted by Crippen LogP contribution is -2.41. The summed E-state index contributed by atoms with van der Waals surface area (Å²) in [7, 11) is 0. The molecule has 1 aliphatic heterocycles. The van der Waals surface area contributed by atoms with Gasteiger partial charge in [0, 0.05) is 28.7 Å². The maximum atomic E-state index is 12.6. The number of ketones is 1. The van der Waals surface area contributed by atoms with Crippen LogP contribution in [0.3, 0.4) is 0 Å². The van der Waals surface area contributed by atoms with Gasteiger partial charge in [0.25, 0.3) is 0 Å². The van der Waals surface area contributed by atoms with E-state index in [1.54, 1.807) is 18.2 Å². The molecular formula is C20H22N2O2S. The minimum Gasteiger partial charge on any atom is -0.325 e. The average molecular weight is 354 g/mol. The highest BCUT2D eigenvalue weighted by Gasteiger charge is 2.40. The first-order chi connectivity index (χ1) is 12.1. The molecule has 2 aromatic rings. The first-order valence-electron chi connectivity index (χ1n) is 8.83. The van der Waals surface area contributed by atoms with Crippen LogP contribution >= 0.6 is 11.3 Å². The summed E-state index contributed by atoms with van der Waals surface area (Å²) in [6, 6.07) is 9.77. The van der Waals surface area contributed by atoms with Crippen LogP contribution in [0.1, 0.15) is 46.6 Å². The number of carbonyl (C=O) groups excluding carboxylic acids is 2. The van der Waals surface area contributed by atoms with Gasteiger partial charge in [-0.05, 0) is 61.2 Å². The van der Waals surface area contributed by atoms with E-state index >= 15 is 0 Å². The van der Waals surface area contributed by atoms with Crippen LogP contribution < -0.4 is 5.32 Å². The van der Waals surface area contributed by atoms with Crippen molar-refractivity contribution in [2.24, 2.45) is 5.92 Å². The molecule has 5 heteroatoms. The minimum absolute atomic E-state index is 0.00548. The molecule has 2 aliphatic rings. The Hall–Kier alpha value is -1.98. The number of hydrogen-bond donors (Lipinski definition) is 1. The standard InChI is InChI=1S/C20H22N2O2S/c1-13(23)15-3-2-4-16(11-15)21-19(24)12-22-9-7-18-17(8-10-25-18)20(22)14-5-6-14/h2-4,8,10-11,14,20H,5-7,9,12H2,1H3,(H,21,24)/t20-/m1/s1. The Kier molecular flexibility index (Phi) is 4.44. The third kappa shape index (κ3) is 3.53. The highest BCUT2D eigenvalue weighted by Crippen LogP contribution is 2.48. The monoisotopic (exact) mass is 354 g/mol. The fraction of sp³-hybridized carbons (Fsp3) is 0.400. The quantitative estimate of drug-likeness (QED) is 0.829. The Bertz CT molecular complexity index is 810. The predicted octanol–water partition coefficient (Wildman–Crippen LogP) is 3.90. The summed E-state index contributed by atoms with van der Waals surface area (Å²) < 4.78 is 0. The van der Waals surface area contributed by atoms with Gasteiger partial charge in [-0.3, -0.25) is 14.5 Å². The highest BCUT2D eigenvalue weighted by atomic mass is 32.1. The molecule has 1 N–H and O–H groups in total. The lowest BCUT2D eigenvalue weighted by Gasteiger charge is -2.35. The van der Waals surface area contributed by atoms with Crippen LogP contribution in [0.5, 0.6) is 0 Å². The number of nitrogens with one attached hydrogen (secondary N) is 1. The molecule has 1 aromatic carbocycles. The molecule has 1 amide bonds. The summed E-state index contributed by atoms with van der Waals surface area (Å²) in [4.78, 5) is 27.9. The van der Waals surface area contributed by atoms with Gasteiger partial charge in [-0.25, -0.2) is 0 Å². The van der Waals surface area contributed by atoms with Crippen molar-refractivity contribution in [2.75, 3.05) is 18.4 Å². The van der Waals surface area contributed by atoms with Crippen molar-refractivity contribution < 1.29 is 9.59 Å². The van der Waals surface area contributed by atoms with E-state index in [0.29, 0.717) is 29.8 Å². The summed E-state index contributed by atoms with van der Waals surface area (Å²) in [5.74, 6) is 0.693. The number of thiophene rings is 1. The maximum absolute atomic E-state index is 12.6. The van der Waals surface area contributed by atoms with Gasteiger partial charge in [0.15, 0.2) is 5.78 Å². The van der Waals surface area contributed by atoms with Crippen molar-refractivity contribution in [1.82, 2.24) is 4.90 Å². The zero-order valence-electron chi connectivity index (χ0n) is 14.3. The van der Waals surface area contributed by atoms with Gasteiger partial charge in [0.2, 0.25) is 5.91 Å². The van der Waals surface area contributed by atoms with Gasteiger partial charge < -0.3 is 5.32 Å². The van der Waals surface area contributed by atoms with Gasteiger partial charge in [0.1, 0.15) is 0 Å². The number of rotatable bonds is 5. The van der Waals surface area contributed by atoms with E-state index in [9.17, 15) is 9.59 Å². The van der Waals surface area contributed by atoms with Crippen molar-refractivity contribution in [3.05, 3.63) is 51.7 Å². The van der Waals surface area contributed by atoms with Gasteiger partial charge >= 0.3 is 0 Å². The number of nitrogens with zero attached hydrogens (tertiary/aromatic N) is 1. The number of hydrogen-bond acceptors (Lipinski definition) is 4. The van der Waals surface area contributed by atoms with E-state index in [4.69, 9.17) is 0 Å². The Morgan fingerprint density at radius 2 is 2.12 bits per heavy atom. The molecular weight excluding hydrogens is 332 g/mol. The highest BCUT2D eigenvalue weighted by molar-refractivity contribution is 7.10. The molecule has 130 valence electrons. The molecule has 0 saturated heterocycles. The fourth-order valence-electron chi connectivity index (χ4n) is 3.74. The third-order valence-electron chi connectivity index (χ3n) is 5.09. The van der Waals surface area contributed by atoms with Gasteiger partial charge in [0.05, 0.1) is 6.54 Å². The number of anilines is 1. The normalized spacial score (nSPS) is 20.1. The van der Waals surface area contributed by atoms with Gasteiger partial charge in [-0.15, -0.1) is 11.3 Å². The van der Waals surface area contributed by atoms with E-state index in [1.165, 1.54) is 30.2 Å². The number of benzene rings is 1. The number of carbonyl (C=O) groups is 2. The van der Waals surface area contributed by atoms with E-state index in [2.05, 4.69) is 21.7 Å². The van der Waals surface area contributed by atoms with E-state index in [0.717, 1.165) is 13.0 Å². The lowest BCUT2D eigenvalue weighted by atomic mass is 9.96. The molecule has 0 radical (unpaired) electrons. The second kappa shape index (κ2) is 6.73. The molecule has 0 spiro atoms. The average Bonchev–Trinajstić information content (AvgIpc) is 3.31. The fourth-order valence-corrected chi connectivity index (χ4v) is 4.65. The predicted molar refractivity (Wildman–Crippen MR) is 100 cm³/mol. The molecule has 25 heavy (non-hydrogen) atoms. The number of Topliss-reactive ketones (excluding diaryl/α,β-unsaturated/α-hetero) is 1. The van der Waals surface area contributed by atoms with E-state index in [-0.39, 0.29) is 11.7 Å². The summed E-state index contributed by atoms with van der Waals surface area (Å²) in [6.45, 7) is 2.88. The van der Waals surface area contributed by atoms with Crippen molar-refractivity contribution >= 4 is 28.7 Å². The molecule has 0 bridgehead atoms. The van der Waals surface area contributed by atoms with Crippen LogP contribution in [0.15, 0.2) is 35.7 Å². The topological polar surface area (TPSA) is 49.4 Å². The molecule has 2 heterocycles. The second-order valence-electron chi connectivity index (χ2n) is 6.99. The molecule has 1 aromatic heterocycles. The van der Waals surface area contributed by atoms with Crippen LogP contribution in [0.2, 0.25) is 0 Å². The molecule has 4 rings (SSSR count). The molecule has 1 saturated carbocycles. The summed E-state index contributed by atoms with van der Waals surface area (Å²) in [5.41, 5.74) is 2.74. The van der Waals surface area contributed by atoms with Crippen LogP contribution in [0, 0.1) is 5.92 Å². The largest absolute Gasteiger partial charge is 0.325 e. The zero-order chi connectivity index (χ0) is 17.4. The van der Waals surface area contributed by atoms with Crippen LogP contribution in [0.25, 0.3) is 0 Å². The second-order valence-corrected chi connectivity index (χ2v) is 7.99. The Morgan fingerprint density at radius 3 is 2.88 bits per heavy atom. The number of fused-ring (bicyclic) bond motifs is 1. The van der Waals surface area contributed by atoms with Crippen LogP contribution in [-0.2, 0) is 11.2 Å². The van der Waals surface area contributed by atoms with Crippen LogP contribution in [-0.4, -0.2) is 29.7 Å². The maximum Gasteiger partial charge on any atom is 0.238 e. The molecule has 4 nitrogen and oxygen atoms in total. The summed E-state index contributed by atoms with van der Waals surface area (Å²) >= 11 is 1.84. The molecule has 1 aliphatic carbocycles. The molecule has 0 unspecified atom stereocenters. The molecule has 1 fully saturated rings. The van der Waals surface area contributed by atoms with Crippen LogP contribution in [0.4, 0.5) is 5.69 Å². The van der Waals surface area contributed by atoms with Crippen molar-refractivity contribution in [3.63, 3.8) is 0 Å². The first kappa shape index (κ1) is 16.5. The number of amides is 1. The van der Waals surface area contributed by atoms with Gasteiger partial charge in [-0.2, -0.15) is 0 Å². The first-order valence-corrected chi connectivity index (χ1v) is 9.71. The summed E-state index contributed by atoms with van der Waals surface area (Å²) in [6.07, 6.45) is 3.56. The minimum atomic E-state index is -0.00923. The lowest BCUT2D eigenvalue weighted by molar-refractivity contribution is -0.118. The molecule has 1 atom stereocenters. The summed E-state index contributed by atoms with van der Waals surface area (Å²) in [5, 5.41) is 5.13. The zero-order valence-corrected chi connectivity index (χ0v) is 15.1. The third-order valence-corrected chi connectivity index (χ3v) is 6.08. The Morgan fingerprint density at radius 1 is 1.28 bits per heavy atom.